The van der Waals surface area contributed by atoms with Crippen molar-refractivity contribution in [2.75, 3.05) is 5.73 Å². The maximum atomic E-state index is 10.6. The monoisotopic (exact) mass is 222 g/mol. The lowest BCUT2D eigenvalue weighted by atomic mass is 9.95. The first kappa shape index (κ1) is 12.4. The zero-order valence-corrected chi connectivity index (χ0v) is 9.66. The number of nitrogens with one attached hydrogen (secondary N) is 1. The van der Waals surface area contributed by atoms with Gasteiger partial charge in [0.15, 0.2) is 0 Å². The van der Waals surface area contributed by atoms with Gasteiger partial charge in [-0.25, -0.2) is 4.79 Å². The molecule has 1 aromatic rings. The molecule has 0 saturated heterocycles. The second-order valence-electron chi connectivity index (χ2n) is 4.51. The van der Waals surface area contributed by atoms with Crippen LogP contribution in [0.15, 0.2) is 24.3 Å². The number of hydrogen-bond donors (Lipinski definition) is 3. The molecule has 0 fully saturated rings. The Balaban J connectivity index is 2.57. The third kappa shape index (κ3) is 3.81. The molecule has 0 aliphatic carbocycles. The van der Waals surface area contributed by atoms with Crippen LogP contribution in [0.3, 0.4) is 0 Å². The van der Waals surface area contributed by atoms with Crippen LogP contribution in [-0.4, -0.2) is 16.7 Å². The summed E-state index contributed by atoms with van der Waals surface area (Å²) in [5, 5.41) is 11.1. The first-order chi connectivity index (χ1) is 7.41. The number of rotatable bonds is 4. The maximum absolute atomic E-state index is 10.6. The van der Waals surface area contributed by atoms with Crippen molar-refractivity contribution in [1.29, 1.82) is 0 Å². The zero-order valence-electron chi connectivity index (χ0n) is 9.66. The minimum Gasteiger partial charge on any atom is -0.465 e. The van der Waals surface area contributed by atoms with Gasteiger partial charge in [0.2, 0.25) is 0 Å². The fourth-order valence-electron chi connectivity index (χ4n) is 1.56. The van der Waals surface area contributed by atoms with Crippen LogP contribution in [0.25, 0.3) is 0 Å². The Morgan fingerprint density at radius 2 is 2.06 bits per heavy atom. The lowest BCUT2D eigenvalue weighted by Crippen LogP contribution is -2.42. The molecule has 0 aromatic heterocycles. The van der Waals surface area contributed by atoms with Crippen molar-refractivity contribution in [2.45, 2.75) is 32.2 Å². The van der Waals surface area contributed by atoms with E-state index in [0.29, 0.717) is 6.42 Å². The van der Waals surface area contributed by atoms with E-state index in [9.17, 15) is 4.79 Å². The fourth-order valence-corrected chi connectivity index (χ4v) is 1.56. The summed E-state index contributed by atoms with van der Waals surface area (Å²) in [5.74, 6) is 0. The molecule has 0 bridgehead atoms. The first-order valence-electron chi connectivity index (χ1n) is 5.25. The summed E-state index contributed by atoms with van der Waals surface area (Å²) in [6.07, 6.45) is 0.485. The van der Waals surface area contributed by atoms with Crippen LogP contribution in [0.5, 0.6) is 0 Å². The largest absolute Gasteiger partial charge is 0.465 e. The molecular formula is C12H18N2O2. The lowest BCUT2D eigenvalue weighted by molar-refractivity contribution is 0.180. The predicted molar refractivity (Wildman–Crippen MR) is 64.4 cm³/mol. The Kier molecular flexibility index (Phi) is 3.77. The van der Waals surface area contributed by atoms with Crippen LogP contribution in [0.1, 0.15) is 25.8 Å². The van der Waals surface area contributed by atoms with Crippen LogP contribution in [0.2, 0.25) is 0 Å². The van der Waals surface area contributed by atoms with Crippen LogP contribution in [0, 0.1) is 0 Å². The second kappa shape index (κ2) is 4.88. The van der Waals surface area contributed by atoms with Crippen LogP contribution in [-0.2, 0) is 6.42 Å². The highest BCUT2D eigenvalue weighted by Crippen LogP contribution is 2.17. The molecular weight excluding hydrogens is 204 g/mol. The average molecular weight is 222 g/mol. The molecule has 0 radical (unpaired) electrons. The number of nitrogen functional groups attached to an aromatic ring is 1. The van der Waals surface area contributed by atoms with E-state index in [0.717, 1.165) is 17.7 Å². The number of aryl methyl sites for hydroxylation is 1. The molecule has 16 heavy (non-hydrogen) atoms. The van der Waals surface area contributed by atoms with E-state index in [2.05, 4.69) is 5.32 Å². The number of nitrogens with two attached hydrogens (primary N) is 1. The molecule has 0 aliphatic rings. The average Bonchev–Trinajstić information content (AvgIpc) is 2.14. The Morgan fingerprint density at radius 1 is 1.44 bits per heavy atom. The van der Waals surface area contributed by atoms with Crippen molar-refractivity contribution >= 4 is 11.8 Å². The van der Waals surface area contributed by atoms with Gasteiger partial charge in [0.25, 0.3) is 0 Å². The molecule has 88 valence electrons. The number of para-hydroxylation sites is 1. The molecule has 0 saturated carbocycles. The third-order valence-electron chi connectivity index (χ3n) is 2.52. The van der Waals surface area contributed by atoms with Crippen LogP contribution < -0.4 is 11.1 Å². The Bertz CT molecular complexity index is 375. The standard InChI is InChI=1S/C12H18N2O2/c1-12(2,14-11(15)16)8-7-9-5-3-4-6-10(9)13/h3-6,14H,7-8,13H2,1-2H3,(H,15,16). The number of benzene rings is 1. The Morgan fingerprint density at radius 3 is 2.62 bits per heavy atom. The Hall–Kier alpha value is -1.71. The fraction of sp³-hybridized carbons (Fsp3) is 0.417. The quantitative estimate of drug-likeness (QED) is 0.684. The van der Waals surface area contributed by atoms with Crippen molar-refractivity contribution in [3.63, 3.8) is 0 Å². The van der Waals surface area contributed by atoms with E-state index in [1.165, 1.54) is 0 Å². The van der Waals surface area contributed by atoms with Gasteiger partial charge in [-0.2, -0.15) is 0 Å². The number of hydrogen-bond acceptors (Lipinski definition) is 2. The molecule has 0 spiro atoms. The summed E-state index contributed by atoms with van der Waals surface area (Å²) in [6, 6.07) is 7.64. The van der Waals surface area contributed by atoms with E-state index < -0.39 is 11.6 Å². The predicted octanol–water partition coefficient (Wildman–Crippen LogP) is 2.25. The van der Waals surface area contributed by atoms with Crippen molar-refractivity contribution in [3.8, 4) is 0 Å². The molecule has 4 heteroatoms. The minimum atomic E-state index is -0.994. The SMILES string of the molecule is CC(C)(CCc1ccccc1N)NC(=O)O. The molecule has 1 amide bonds. The van der Waals surface area contributed by atoms with Gasteiger partial charge < -0.3 is 16.2 Å². The number of anilines is 1. The first-order valence-corrected chi connectivity index (χ1v) is 5.25. The van der Waals surface area contributed by atoms with Gasteiger partial charge in [-0.1, -0.05) is 18.2 Å². The van der Waals surface area contributed by atoms with Crippen molar-refractivity contribution < 1.29 is 9.90 Å². The summed E-state index contributed by atoms with van der Waals surface area (Å²) in [5.41, 5.74) is 7.19. The number of carboxylic acid groups (broad SMARTS) is 1. The maximum Gasteiger partial charge on any atom is 0.405 e. The number of carbonyl (C=O) groups is 1. The lowest BCUT2D eigenvalue weighted by Gasteiger charge is -2.24. The summed E-state index contributed by atoms with van der Waals surface area (Å²) in [6.45, 7) is 3.72. The molecule has 1 rings (SSSR count). The van der Waals surface area contributed by atoms with Crippen molar-refractivity contribution in [2.24, 2.45) is 0 Å². The van der Waals surface area contributed by atoms with Crippen molar-refractivity contribution in [3.05, 3.63) is 29.8 Å². The second-order valence-corrected chi connectivity index (χ2v) is 4.51. The van der Waals surface area contributed by atoms with Gasteiger partial charge in [0.1, 0.15) is 0 Å². The van der Waals surface area contributed by atoms with Crippen molar-refractivity contribution in [1.82, 2.24) is 5.32 Å². The topological polar surface area (TPSA) is 75.3 Å². The highest BCUT2D eigenvalue weighted by atomic mass is 16.4. The normalized spacial score (nSPS) is 11.1. The van der Waals surface area contributed by atoms with E-state index in [1.54, 1.807) is 0 Å². The molecule has 1 aromatic carbocycles. The highest BCUT2D eigenvalue weighted by Gasteiger charge is 2.19. The smallest absolute Gasteiger partial charge is 0.405 e. The third-order valence-corrected chi connectivity index (χ3v) is 2.52. The number of amides is 1. The van der Waals surface area contributed by atoms with Gasteiger partial charge in [-0.3, -0.25) is 0 Å². The minimum absolute atomic E-state index is 0.436. The zero-order chi connectivity index (χ0) is 12.2. The summed E-state index contributed by atoms with van der Waals surface area (Å²) >= 11 is 0. The highest BCUT2D eigenvalue weighted by molar-refractivity contribution is 5.65. The van der Waals surface area contributed by atoms with E-state index >= 15 is 0 Å². The molecule has 0 aliphatic heterocycles. The molecule has 0 atom stereocenters. The molecule has 0 heterocycles. The summed E-state index contributed by atoms with van der Waals surface area (Å²) < 4.78 is 0. The molecule has 4 nitrogen and oxygen atoms in total. The summed E-state index contributed by atoms with van der Waals surface area (Å²) in [7, 11) is 0. The van der Waals surface area contributed by atoms with Gasteiger partial charge in [0.05, 0.1) is 0 Å². The summed E-state index contributed by atoms with van der Waals surface area (Å²) in [4.78, 5) is 10.6. The van der Waals surface area contributed by atoms with E-state index in [4.69, 9.17) is 10.8 Å². The van der Waals surface area contributed by atoms with Gasteiger partial charge in [0, 0.05) is 11.2 Å². The van der Waals surface area contributed by atoms with Gasteiger partial charge >= 0.3 is 6.09 Å². The van der Waals surface area contributed by atoms with Crippen LogP contribution in [0.4, 0.5) is 10.5 Å². The van der Waals surface area contributed by atoms with Gasteiger partial charge in [-0.05, 0) is 38.3 Å². The van der Waals surface area contributed by atoms with Crippen LogP contribution >= 0.6 is 0 Å². The Labute approximate surface area is 95.5 Å². The van der Waals surface area contributed by atoms with Gasteiger partial charge in [-0.15, -0.1) is 0 Å². The molecule has 0 unspecified atom stereocenters. The van der Waals surface area contributed by atoms with E-state index in [-0.39, 0.29) is 0 Å². The van der Waals surface area contributed by atoms with E-state index in [1.807, 2.05) is 38.1 Å². The molecule has 4 N–H and O–H groups in total.